The van der Waals surface area contributed by atoms with Crippen LogP contribution in [-0.2, 0) is 0 Å². The van der Waals surface area contributed by atoms with Crippen LogP contribution in [0.1, 0.15) is 20.3 Å². The van der Waals surface area contributed by atoms with Crippen molar-refractivity contribution in [1.29, 1.82) is 0 Å². The first-order valence-corrected chi connectivity index (χ1v) is 2.65. The largest absolute Gasteiger partial charge is 0.244 e. The number of hydrogen-bond acceptors (Lipinski definition) is 1. The van der Waals surface area contributed by atoms with Gasteiger partial charge in [0.25, 0.3) is 0 Å². The molecule has 0 aliphatic carbocycles. The Morgan fingerprint density at radius 2 is 2.29 bits per heavy atom. The van der Waals surface area contributed by atoms with Crippen molar-refractivity contribution < 1.29 is 0 Å². The molecule has 1 nitrogen and oxygen atoms in total. The molecule has 0 saturated heterocycles. The fourth-order valence-corrected chi connectivity index (χ4v) is 0.247. The molecule has 0 aromatic carbocycles. The monoisotopic (exact) mass is 97.1 g/mol. The third-order valence-electron chi connectivity index (χ3n) is 0.545. The molecule has 40 valence electrons. The lowest BCUT2D eigenvalue weighted by Gasteiger charge is -1.68. The van der Waals surface area contributed by atoms with E-state index in [1.807, 2.05) is 13.0 Å². The SMILES string of the molecule is CCC=C=NCC. The standard InChI is InChI=1S/C6H11N/c1-3-5-6-7-4-2/h5H,3-4H2,1-2H3. The first-order valence-electron chi connectivity index (χ1n) is 2.65. The Hall–Kier alpha value is -0.550. The molecule has 0 aromatic heterocycles. The molecule has 0 fully saturated rings. The normalized spacial score (nSPS) is 7.14. The zero-order valence-electron chi connectivity index (χ0n) is 4.94. The van der Waals surface area contributed by atoms with Gasteiger partial charge < -0.3 is 0 Å². The van der Waals surface area contributed by atoms with Gasteiger partial charge in [0.15, 0.2) is 0 Å². The van der Waals surface area contributed by atoms with Crippen LogP contribution < -0.4 is 0 Å². The minimum Gasteiger partial charge on any atom is -0.244 e. The molecular weight excluding hydrogens is 86.1 g/mol. The van der Waals surface area contributed by atoms with Gasteiger partial charge in [0.1, 0.15) is 0 Å². The molecule has 0 aliphatic rings. The lowest BCUT2D eigenvalue weighted by molar-refractivity contribution is 1.14. The molecule has 0 N–H and O–H groups in total. The third kappa shape index (κ3) is 5.45. The molecular formula is C6H11N. The zero-order valence-corrected chi connectivity index (χ0v) is 4.94. The lowest BCUT2D eigenvalue weighted by atomic mass is 10.5. The van der Waals surface area contributed by atoms with E-state index in [9.17, 15) is 0 Å². The van der Waals surface area contributed by atoms with Gasteiger partial charge in [-0.3, -0.25) is 0 Å². The molecule has 7 heavy (non-hydrogen) atoms. The second kappa shape index (κ2) is 5.45. The maximum absolute atomic E-state index is 3.86. The van der Waals surface area contributed by atoms with E-state index in [0.29, 0.717) is 0 Å². The van der Waals surface area contributed by atoms with Gasteiger partial charge in [-0.2, -0.15) is 0 Å². The van der Waals surface area contributed by atoms with Crippen molar-refractivity contribution in [1.82, 2.24) is 0 Å². The summed E-state index contributed by atoms with van der Waals surface area (Å²) in [5, 5.41) is 0. The molecule has 0 aliphatic heterocycles. The predicted molar refractivity (Wildman–Crippen MR) is 32.8 cm³/mol. The highest BCUT2D eigenvalue weighted by Gasteiger charge is 1.57. The molecule has 0 atom stereocenters. The summed E-state index contributed by atoms with van der Waals surface area (Å²) in [4.78, 5) is 3.86. The molecule has 0 rings (SSSR count). The van der Waals surface area contributed by atoms with E-state index in [-0.39, 0.29) is 0 Å². The molecule has 1 heteroatoms. The maximum atomic E-state index is 3.86. The summed E-state index contributed by atoms with van der Waals surface area (Å²) in [5.41, 5.74) is 0. The van der Waals surface area contributed by atoms with E-state index in [4.69, 9.17) is 0 Å². The van der Waals surface area contributed by atoms with Crippen LogP contribution in [0.3, 0.4) is 0 Å². The van der Waals surface area contributed by atoms with E-state index in [1.54, 1.807) is 0 Å². The molecule has 0 spiro atoms. The molecule has 0 unspecified atom stereocenters. The number of rotatable bonds is 2. The van der Waals surface area contributed by atoms with Crippen LogP contribution in [0.25, 0.3) is 0 Å². The highest BCUT2D eigenvalue weighted by atomic mass is 14.7. The minimum atomic E-state index is 0.844. The average molecular weight is 97.2 g/mol. The Labute approximate surface area is 44.8 Å². The van der Waals surface area contributed by atoms with Crippen molar-refractivity contribution in [2.45, 2.75) is 20.3 Å². The fourth-order valence-electron chi connectivity index (χ4n) is 0.247. The number of aliphatic imine (C=N–C) groups is 1. The van der Waals surface area contributed by atoms with Crippen molar-refractivity contribution >= 4 is 5.87 Å². The van der Waals surface area contributed by atoms with Crippen molar-refractivity contribution in [3.05, 3.63) is 6.08 Å². The van der Waals surface area contributed by atoms with Crippen LogP contribution >= 0.6 is 0 Å². The Kier molecular flexibility index (Phi) is 5.02. The van der Waals surface area contributed by atoms with Gasteiger partial charge in [0, 0.05) is 6.54 Å². The average Bonchev–Trinajstić information content (AvgIpc) is 1.69. The van der Waals surface area contributed by atoms with Gasteiger partial charge in [-0.15, -0.1) is 0 Å². The Bertz CT molecular complexity index is 70.2. The van der Waals surface area contributed by atoms with Gasteiger partial charge in [-0.25, -0.2) is 4.99 Å². The van der Waals surface area contributed by atoms with Gasteiger partial charge in [0.05, 0.1) is 0 Å². The summed E-state index contributed by atoms with van der Waals surface area (Å²) in [7, 11) is 0. The molecule has 0 radical (unpaired) electrons. The van der Waals surface area contributed by atoms with E-state index < -0.39 is 0 Å². The summed E-state index contributed by atoms with van der Waals surface area (Å²) in [6.07, 6.45) is 2.95. The number of allylic oxidation sites excluding steroid dienone is 1. The third-order valence-corrected chi connectivity index (χ3v) is 0.545. The summed E-state index contributed by atoms with van der Waals surface area (Å²) >= 11 is 0. The predicted octanol–water partition coefficient (Wildman–Crippen LogP) is 1.64. The zero-order chi connectivity index (χ0) is 5.54. The quantitative estimate of drug-likeness (QED) is 0.464. The first kappa shape index (κ1) is 6.45. The van der Waals surface area contributed by atoms with Crippen LogP contribution in [0, 0.1) is 0 Å². The smallest absolute Gasteiger partial charge is 0.0455 e. The van der Waals surface area contributed by atoms with Crippen LogP contribution in [-0.4, -0.2) is 12.4 Å². The number of hydrogen-bond donors (Lipinski definition) is 0. The molecule has 0 saturated carbocycles. The van der Waals surface area contributed by atoms with E-state index in [1.165, 1.54) is 0 Å². The molecule has 0 bridgehead atoms. The van der Waals surface area contributed by atoms with Gasteiger partial charge in [0.2, 0.25) is 0 Å². The minimum absolute atomic E-state index is 0.844. The summed E-state index contributed by atoms with van der Waals surface area (Å²) in [6, 6.07) is 0. The van der Waals surface area contributed by atoms with Crippen LogP contribution in [0.4, 0.5) is 0 Å². The van der Waals surface area contributed by atoms with Crippen LogP contribution in [0.5, 0.6) is 0 Å². The number of nitrogens with zero attached hydrogens (tertiary/aromatic N) is 1. The Morgan fingerprint density at radius 3 is 2.71 bits per heavy atom. The van der Waals surface area contributed by atoms with Crippen molar-refractivity contribution in [3.63, 3.8) is 0 Å². The Morgan fingerprint density at radius 1 is 1.57 bits per heavy atom. The topological polar surface area (TPSA) is 12.4 Å². The molecule has 0 heterocycles. The molecule has 0 aromatic rings. The van der Waals surface area contributed by atoms with Crippen molar-refractivity contribution in [2.75, 3.05) is 6.54 Å². The van der Waals surface area contributed by atoms with E-state index >= 15 is 0 Å². The summed E-state index contributed by atoms with van der Waals surface area (Å²) in [5.74, 6) is 2.78. The molecule has 0 amide bonds. The highest BCUT2D eigenvalue weighted by Crippen LogP contribution is 1.69. The van der Waals surface area contributed by atoms with E-state index in [2.05, 4.69) is 17.8 Å². The first-order chi connectivity index (χ1) is 3.41. The summed E-state index contributed by atoms with van der Waals surface area (Å²) in [6.45, 7) is 4.91. The van der Waals surface area contributed by atoms with Gasteiger partial charge in [-0.1, -0.05) is 6.92 Å². The second-order valence-corrected chi connectivity index (χ2v) is 1.22. The van der Waals surface area contributed by atoms with E-state index in [0.717, 1.165) is 13.0 Å². The lowest BCUT2D eigenvalue weighted by Crippen LogP contribution is -1.62. The Balaban J connectivity index is 3.21. The summed E-state index contributed by atoms with van der Waals surface area (Å²) < 4.78 is 0. The fraction of sp³-hybridized carbons (Fsp3) is 0.667. The van der Waals surface area contributed by atoms with Crippen molar-refractivity contribution in [3.8, 4) is 0 Å². The van der Waals surface area contributed by atoms with Crippen LogP contribution in [0.2, 0.25) is 0 Å². The second-order valence-electron chi connectivity index (χ2n) is 1.22. The van der Waals surface area contributed by atoms with Crippen LogP contribution in [0.15, 0.2) is 11.1 Å². The van der Waals surface area contributed by atoms with Gasteiger partial charge in [-0.05, 0) is 25.3 Å². The maximum Gasteiger partial charge on any atom is 0.0455 e. The highest BCUT2D eigenvalue weighted by molar-refractivity contribution is 5.51. The van der Waals surface area contributed by atoms with Gasteiger partial charge >= 0.3 is 0 Å². The van der Waals surface area contributed by atoms with Crippen molar-refractivity contribution in [2.24, 2.45) is 4.99 Å².